The predicted molar refractivity (Wildman–Crippen MR) is 79.6 cm³/mol. The highest BCUT2D eigenvalue weighted by molar-refractivity contribution is 7.98. The van der Waals surface area contributed by atoms with Crippen molar-refractivity contribution in [2.45, 2.75) is 38.3 Å². The highest BCUT2D eigenvalue weighted by Gasteiger charge is 2.15. The zero-order valence-corrected chi connectivity index (χ0v) is 12.7. The van der Waals surface area contributed by atoms with Gasteiger partial charge in [0.2, 0.25) is 11.6 Å². The maximum Gasteiger partial charge on any atom is 0.337 e. The Morgan fingerprint density at radius 3 is 2.80 bits per heavy atom. The molecule has 0 radical (unpaired) electrons. The van der Waals surface area contributed by atoms with E-state index < -0.39 is 0 Å². The summed E-state index contributed by atoms with van der Waals surface area (Å²) < 4.78 is 11.0. The molecule has 0 aliphatic heterocycles. The van der Waals surface area contributed by atoms with Crippen molar-refractivity contribution in [3.63, 3.8) is 0 Å². The molecule has 2 aromatic heterocycles. The number of rotatable bonds is 6. The number of hydrogen-bond donors (Lipinski definition) is 0. The first-order valence-corrected chi connectivity index (χ1v) is 7.93. The van der Waals surface area contributed by atoms with Crippen LogP contribution in [0.5, 0.6) is 5.88 Å². The number of fused-ring (bicyclic) bond motifs is 1. The molecule has 6 heteroatoms. The summed E-state index contributed by atoms with van der Waals surface area (Å²) in [4.78, 5) is 20.2. The molecule has 0 atom stereocenters. The van der Waals surface area contributed by atoms with Crippen molar-refractivity contribution in [2.75, 3.05) is 12.9 Å². The van der Waals surface area contributed by atoms with E-state index >= 15 is 0 Å². The maximum absolute atomic E-state index is 11.6. The van der Waals surface area contributed by atoms with Gasteiger partial charge in [-0.3, -0.25) is 0 Å². The molecule has 0 saturated carbocycles. The van der Waals surface area contributed by atoms with E-state index in [1.165, 1.54) is 17.8 Å². The molecular weight excluding hydrogens is 276 g/mol. The van der Waals surface area contributed by atoms with Gasteiger partial charge in [-0.25, -0.2) is 4.79 Å². The van der Waals surface area contributed by atoms with E-state index in [1.807, 2.05) is 13.2 Å². The van der Waals surface area contributed by atoms with E-state index in [0.717, 1.165) is 18.4 Å². The lowest BCUT2D eigenvalue weighted by Gasteiger charge is -2.10. The molecule has 2 heterocycles. The predicted octanol–water partition coefficient (Wildman–Crippen LogP) is 3.05. The number of nitrogens with zero attached hydrogens (tertiary/aromatic N) is 2. The third-order valence-electron chi connectivity index (χ3n) is 2.93. The minimum Gasteiger partial charge on any atom is -0.477 e. The van der Waals surface area contributed by atoms with Crippen LogP contribution in [0.4, 0.5) is 0 Å². The van der Waals surface area contributed by atoms with Crippen molar-refractivity contribution in [2.24, 2.45) is 0 Å². The number of ether oxygens (including phenoxy) is 1. The Morgan fingerprint density at radius 2 is 2.15 bits per heavy atom. The SMILES string of the molecule is CCCCOc1nc(SC)nc2oc(=O)cc(CC)c12. The second kappa shape index (κ2) is 6.74. The molecule has 108 valence electrons. The fourth-order valence-electron chi connectivity index (χ4n) is 1.88. The number of aromatic nitrogens is 2. The molecule has 0 spiro atoms. The fourth-order valence-corrected chi connectivity index (χ4v) is 2.23. The van der Waals surface area contributed by atoms with Crippen molar-refractivity contribution < 1.29 is 9.15 Å². The number of aryl methyl sites for hydroxylation is 1. The first kappa shape index (κ1) is 14.8. The molecule has 0 unspecified atom stereocenters. The van der Waals surface area contributed by atoms with Gasteiger partial charge in [0.15, 0.2) is 5.16 Å². The van der Waals surface area contributed by atoms with Crippen molar-refractivity contribution >= 4 is 22.9 Å². The van der Waals surface area contributed by atoms with E-state index in [1.54, 1.807) is 0 Å². The minimum absolute atomic E-state index is 0.306. The van der Waals surface area contributed by atoms with Crippen LogP contribution in [0.25, 0.3) is 11.1 Å². The molecule has 2 rings (SSSR count). The van der Waals surface area contributed by atoms with Crippen LogP contribution in [0, 0.1) is 0 Å². The normalized spacial score (nSPS) is 10.9. The zero-order valence-electron chi connectivity index (χ0n) is 11.9. The van der Waals surface area contributed by atoms with Crippen molar-refractivity contribution in [3.8, 4) is 5.88 Å². The Kier molecular flexibility index (Phi) is 5.00. The maximum atomic E-state index is 11.6. The number of thioether (sulfide) groups is 1. The van der Waals surface area contributed by atoms with Crippen molar-refractivity contribution in [1.82, 2.24) is 9.97 Å². The monoisotopic (exact) mass is 294 g/mol. The number of unbranched alkanes of at least 4 members (excludes halogenated alkanes) is 1. The Balaban J connectivity index is 2.59. The Hall–Kier alpha value is -1.56. The van der Waals surface area contributed by atoms with Gasteiger partial charge in [0.25, 0.3) is 0 Å². The average Bonchev–Trinajstić information content (AvgIpc) is 2.45. The highest BCUT2D eigenvalue weighted by atomic mass is 32.2. The van der Waals surface area contributed by atoms with Crippen LogP contribution < -0.4 is 10.4 Å². The summed E-state index contributed by atoms with van der Waals surface area (Å²) in [6, 6.07) is 1.48. The summed E-state index contributed by atoms with van der Waals surface area (Å²) in [6.07, 6.45) is 4.58. The summed E-state index contributed by atoms with van der Waals surface area (Å²) in [7, 11) is 0. The van der Waals surface area contributed by atoms with Crippen LogP contribution >= 0.6 is 11.8 Å². The second-order valence-corrected chi connectivity index (χ2v) is 5.12. The lowest BCUT2D eigenvalue weighted by molar-refractivity contribution is 0.298. The lowest BCUT2D eigenvalue weighted by atomic mass is 10.1. The molecular formula is C14H18N2O3S. The molecule has 0 aromatic carbocycles. The largest absolute Gasteiger partial charge is 0.477 e. The molecule has 0 fully saturated rings. The summed E-state index contributed by atoms with van der Waals surface area (Å²) in [5, 5.41) is 1.25. The molecule has 0 amide bonds. The zero-order chi connectivity index (χ0) is 14.5. The van der Waals surface area contributed by atoms with Gasteiger partial charge in [0.1, 0.15) is 5.39 Å². The molecule has 0 aliphatic rings. The topological polar surface area (TPSA) is 65.2 Å². The Morgan fingerprint density at radius 1 is 1.35 bits per heavy atom. The molecule has 20 heavy (non-hydrogen) atoms. The van der Waals surface area contributed by atoms with Gasteiger partial charge in [-0.2, -0.15) is 9.97 Å². The third kappa shape index (κ3) is 3.12. The van der Waals surface area contributed by atoms with Crippen molar-refractivity contribution in [3.05, 3.63) is 22.0 Å². The van der Waals surface area contributed by atoms with Crippen LogP contribution in [0.3, 0.4) is 0 Å². The van der Waals surface area contributed by atoms with Crippen LogP contribution in [-0.2, 0) is 6.42 Å². The molecule has 0 saturated heterocycles. The minimum atomic E-state index is -0.389. The molecule has 0 bridgehead atoms. The number of hydrogen-bond acceptors (Lipinski definition) is 6. The van der Waals surface area contributed by atoms with E-state index in [0.29, 0.717) is 35.2 Å². The van der Waals surface area contributed by atoms with E-state index in [4.69, 9.17) is 9.15 Å². The van der Waals surface area contributed by atoms with E-state index in [9.17, 15) is 4.79 Å². The van der Waals surface area contributed by atoms with Gasteiger partial charge in [-0.15, -0.1) is 0 Å². The van der Waals surface area contributed by atoms with Crippen molar-refractivity contribution in [1.29, 1.82) is 0 Å². The average molecular weight is 294 g/mol. The Bertz CT molecular complexity index is 655. The quantitative estimate of drug-likeness (QED) is 0.463. The third-order valence-corrected chi connectivity index (χ3v) is 3.48. The molecule has 2 aromatic rings. The van der Waals surface area contributed by atoms with Crippen LogP contribution in [-0.4, -0.2) is 22.8 Å². The van der Waals surface area contributed by atoms with Crippen LogP contribution in [0.1, 0.15) is 32.3 Å². The summed E-state index contributed by atoms with van der Waals surface area (Å²) >= 11 is 1.39. The first-order chi connectivity index (χ1) is 9.69. The van der Waals surface area contributed by atoms with Gasteiger partial charge >= 0.3 is 5.63 Å². The van der Waals surface area contributed by atoms with Gasteiger partial charge < -0.3 is 9.15 Å². The highest BCUT2D eigenvalue weighted by Crippen LogP contribution is 2.28. The van der Waals surface area contributed by atoms with Gasteiger partial charge in [0, 0.05) is 6.07 Å². The van der Waals surface area contributed by atoms with Gasteiger partial charge in [-0.1, -0.05) is 32.0 Å². The van der Waals surface area contributed by atoms with Crippen LogP contribution in [0.2, 0.25) is 0 Å². The lowest BCUT2D eigenvalue weighted by Crippen LogP contribution is -2.06. The summed E-state index contributed by atoms with van der Waals surface area (Å²) in [5.74, 6) is 0.508. The fraction of sp³-hybridized carbons (Fsp3) is 0.500. The standard InChI is InChI=1S/C14H18N2O3S/c1-4-6-7-18-12-11-9(5-2)8-10(17)19-13(11)16-14(15-12)20-3/h8H,4-7H2,1-3H3. The van der Waals surface area contributed by atoms with Crippen LogP contribution in [0.15, 0.2) is 20.4 Å². The summed E-state index contributed by atoms with van der Waals surface area (Å²) in [6.45, 7) is 4.68. The van der Waals surface area contributed by atoms with E-state index in [2.05, 4.69) is 16.9 Å². The van der Waals surface area contributed by atoms with Gasteiger partial charge in [0.05, 0.1) is 6.61 Å². The smallest absolute Gasteiger partial charge is 0.337 e. The van der Waals surface area contributed by atoms with Gasteiger partial charge in [-0.05, 0) is 24.7 Å². The van der Waals surface area contributed by atoms with E-state index in [-0.39, 0.29) is 5.63 Å². The molecule has 0 N–H and O–H groups in total. The molecule has 5 nitrogen and oxygen atoms in total. The second-order valence-electron chi connectivity index (χ2n) is 4.34. The first-order valence-electron chi connectivity index (χ1n) is 6.71. The summed E-state index contributed by atoms with van der Waals surface area (Å²) in [5.41, 5.74) is 0.773. The molecule has 0 aliphatic carbocycles. The Labute approximate surface area is 121 Å².